The number of rotatable bonds is 5. The number of sulfonamides is 1. The Kier molecular flexibility index (Phi) is 4.32. The van der Waals surface area contributed by atoms with Gasteiger partial charge in [0.2, 0.25) is 10.0 Å². The number of nitrogen functional groups attached to an aromatic ring is 1. The van der Waals surface area contributed by atoms with Crippen molar-refractivity contribution in [3.63, 3.8) is 0 Å². The van der Waals surface area contributed by atoms with Gasteiger partial charge >= 0.3 is 0 Å². The van der Waals surface area contributed by atoms with Gasteiger partial charge in [-0.1, -0.05) is 19.4 Å². The zero-order valence-electron chi connectivity index (χ0n) is 9.68. The lowest BCUT2D eigenvalue weighted by Gasteiger charge is -2.16. The van der Waals surface area contributed by atoms with Gasteiger partial charge in [-0.05, 0) is 24.6 Å². The molecule has 1 aromatic rings. The van der Waals surface area contributed by atoms with Crippen molar-refractivity contribution in [2.45, 2.75) is 24.7 Å². The smallest absolute Gasteiger partial charge is 0.242 e. The highest BCUT2D eigenvalue weighted by atomic mass is 32.2. The predicted octanol–water partition coefficient (Wildman–Crippen LogP) is 1.69. The number of nitrogens with two attached hydrogens (primary N) is 1. The Morgan fingerprint density at radius 3 is 2.62 bits per heavy atom. The van der Waals surface area contributed by atoms with Crippen molar-refractivity contribution >= 4 is 15.7 Å². The van der Waals surface area contributed by atoms with Crippen molar-refractivity contribution in [1.82, 2.24) is 4.31 Å². The summed E-state index contributed by atoms with van der Waals surface area (Å²) in [6.07, 6.45) is 1.83. The molecule has 0 unspecified atom stereocenters. The van der Waals surface area contributed by atoms with Crippen LogP contribution in [0.2, 0.25) is 0 Å². The third-order valence-electron chi connectivity index (χ3n) is 2.39. The Morgan fingerprint density at radius 2 is 2.06 bits per heavy atom. The van der Waals surface area contributed by atoms with Gasteiger partial charge < -0.3 is 5.73 Å². The quantitative estimate of drug-likeness (QED) is 0.799. The van der Waals surface area contributed by atoms with Crippen molar-refractivity contribution in [3.05, 3.63) is 24.3 Å². The number of nitrogens with zero attached hydrogens (tertiary/aromatic N) is 1. The molecule has 0 spiro atoms. The molecule has 0 aliphatic rings. The van der Waals surface area contributed by atoms with Gasteiger partial charge in [0.15, 0.2) is 0 Å². The Bertz CT molecular complexity index is 443. The second-order valence-electron chi connectivity index (χ2n) is 3.75. The number of anilines is 1. The average molecular weight is 242 g/mol. The number of hydrogen-bond acceptors (Lipinski definition) is 3. The average Bonchev–Trinajstić information content (AvgIpc) is 2.25. The van der Waals surface area contributed by atoms with Gasteiger partial charge in [-0.15, -0.1) is 0 Å². The molecule has 0 aromatic heterocycles. The lowest BCUT2D eigenvalue weighted by Crippen LogP contribution is -2.27. The second kappa shape index (κ2) is 5.32. The van der Waals surface area contributed by atoms with Crippen LogP contribution in [0.25, 0.3) is 0 Å². The van der Waals surface area contributed by atoms with E-state index in [9.17, 15) is 8.42 Å². The maximum absolute atomic E-state index is 12.1. The summed E-state index contributed by atoms with van der Waals surface area (Å²) >= 11 is 0. The lowest BCUT2D eigenvalue weighted by atomic mass is 10.3. The van der Waals surface area contributed by atoms with Gasteiger partial charge in [0.25, 0.3) is 0 Å². The first-order valence-electron chi connectivity index (χ1n) is 5.30. The fourth-order valence-electron chi connectivity index (χ4n) is 1.36. The van der Waals surface area contributed by atoms with Gasteiger partial charge in [-0.2, -0.15) is 0 Å². The van der Waals surface area contributed by atoms with Crippen molar-refractivity contribution in [2.24, 2.45) is 0 Å². The van der Waals surface area contributed by atoms with Crippen molar-refractivity contribution in [2.75, 3.05) is 19.3 Å². The third-order valence-corrected chi connectivity index (χ3v) is 4.25. The number of benzene rings is 1. The van der Waals surface area contributed by atoms with Gasteiger partial charge in [0, 0.05) is 19.3 Å². The maximum Gasteiger partial charge on any atom is 0.242 e. The molecular weight excluding hydrogens is 224 g/mol. The van der Waals surface area contributed by atoms with E-state index in [1.165, 1.54) is 10.4 Å². The third kappa shape index (κ3) is 2.96. The minimum Gasteiger partial charge on any atom is -0.399 e. The molecule has 0 saturated heterocycles. The zero-order valence-corrected chi connectivity index (χ0v) is 10.5. The van der Waals surface area contributed by atoms with E-state index in [0.29, 0.717) is 12.2 Å². The highest BCUT2D eigenvalue weighted by Gasteiger charge is 2.19. The molecule has 0 aliphatic carbocycles. The number of hydrogen-bond donors (Lipinski definition) is 1. The van der Waals surface area contributed by atoms with E-state index >= 15 is 0 Å². The van der Waals surface area contributed by atoms with Crippen LogP contribution in [0.1, 0.15) is 19.8 Å². The molecule has 1 rings (SSSR count). The van der Waals surface area contributed by atoms with Crippen LogP contribution in [0.15, 0.2) is 29.2 Å². The Morgan fingerprint density at radius 1 is 1.38 bits per heavy atom. The number of unbranched alkanes of at least 4 members (excludes halogenated alkanes) is 1. The molecule has 90 valence electrons. The Labute approximate surface area is 97.1 Å². The van der Waals surface area contributed by atoms with E-state index < -0.39 is 10.0 Å². The SMILES string of the molecule is CCCCN(C)S(=O)(=O)c1cccc(N)c1. The summed E-state index contributed by atoms with van der Waals surface area (Å²) in [7, 11) is -1.79. The van der Waals surface area contributed by atoms with Crippen molar-refractivity contribution < 1.29 is 8.42 Å². The Balaban J connectivity index is 2.93. The molecule has 0 bridgehead atoms. The predicted molar refractivity (Wildman–Crippen MR) is 65.6 cm³/mol. The maximum atomic E-state index is 12.1. The summed E-state index contributed by atoms with van der Waals surface area (Å²) in [5.41, 5.74) is 6.04. The highest BCUT2D eigenvalue weighted by molar-refractivity contribution is 7.89. The van der Waals surface area contributed by atoms with Gasteiger partial charge in [0.05, 0.1) is 4.90 Å². The largest absolute Gasteiger partial charge is 0.399 e. The van der Waals surface area contributed by atoms with Gasteiger partial charge in [-0.3, -0.25) is 0 Å². The summed E-state index contributed by atoms with van der Waals surface area (Å²) in [5.74, 6) is 0. The van der Waals surface area contributed by atoms with Crippen LogP contribution in [0.4, 0.5) is 5.69 Å². The normalized spacial score (nSPS) is 11.9. The first-order valence-corrected chi connectivity index (χ1v) is 6.74. The fraction of sp³-hybridized carbons (Fsp3) is 0.455. The molecule has 0 amide bonds. The molecule has 5 heteroatoms. The molecule has 2 N–H and O–H groups in total. The summed E-state index contributed by atoms with van der Waals surface area (Å²) in [4.78, 5) is 0.256. The minimum absolute atomic E-state index is 0.256. The van der Waals surface area contributed by atoms with Gasteiger partial charge in [0.1, 0.15) is 0 Å². The van der Waals surface area contributed by atoms with Gasteiger partial charge in [-0.25, -0.2) is 12.7 Å². The highest BCUT2D eigenvalue weighted by Crippen LogP contribution is 2.17. The summed E-state index contributed by atoms with van der Waals surface area (Å²) in [6, 6.07) is 6.37. The molecule has 0 aliphatic heterocycles. The van der Waals surface area contributed by atoms with Crippen LogP contribution in [-0.4, -0.2) is 26.3 Å². The molecule has 1 aromatic carbocycles. The topological polar surface area (TPSA) is 63.4 Å². The van der Waals surface area contributed by atoms with E-state index in [-0.39, 0.29) is 4.90 Å². The molecule has 0 fully saturated rings. The van der Waals surface area contributed by atoms with Crippen LogP contribution in [-0.2, 0) is 10.0 Å². The zero-order chi connectivity index (χ0) is 12.2. The Hall–Kier alpha value is -1.07. The van der Waals surface area contributed by atoms with E-state index in [4.69, 9.17) is 5.73 Å². The molecule has 0 atom stereocenters. The lowest BCUT2D eigenvalue weighted by molar-refractivity contribution is 0.459. The van der Waals surface area contributed by atoms with Crippen LogP contribution in [0.5, 0.6) is 0 Å². The fourth-order valence-corrected chi connectivity index (χ4v) is 2.62. The molecule has 0 heterocycles. The first kappa shape index (κ1) is 13.0. The first-order chi connectivity index (χ1) is 7.48. The van der Waals surface area contributed by atoms with E-state index in [1.807, 2.05) is 6.92 Å². The van der Waals surface area contributed by atoms with E-state index in [2.05, 4.69) is 0 Å². The molecule has 0 saturated carbocycles. The van der Waals surface area contributed by atoms with Crippen LogP contribution in [0.3, 0.4) is 0 Å². The summed E-state index contributed by atoms with van der Waals surface area (Å²) in [5, 5.41) is 0. The van der Waals surface area contributed by atoms with E-state index in [0.717, 1.165) is 12.8 Å². The molecule has 4 nitrogen and oxygen atoms in total. The van der Waals surface area contributed by atoms with Crippen LogP contribution < -0.4 is 5.73 Å². The standard InChI is InChI=1S/C11H18N2O2S/c1-3-4-8-13(2)16(14,15)11-7-5-6-10(12)9-11/h5-7,9H,3-4,8,12H2,1-2H3. The van der Waals surface area contributed by atoms with Crippen molar-refractivity contribution in [3.8, 4) is 0 Å². The molecular formula is C11H18N2O2S. The van der Waals surface area contributed by atoms with Crippen LogP contribution >= 0.6 is 0 Å². The molecule has 16 heavy (non-hydrogen) atoms. The van der Waals surface area contributed by atoms with Crippen LogP contribution in [0, 0.1) is 0 Å². The van der Waals surface area contributed by atoms with E-state index in [1.54, 1.807) is 25.2 Å². The monoisotopic (exact) mass is 242 g/mol. The minimum atomic E-state index is -3.38. The van der Waals surface area contributed by atoms with Crippen molar-refractivity contribution in [1.29, 1.82) is 0 Å². The summed E-state index contributed by atoms with van der Waals surface area (Å²) in [6.45, 7) is 2.56. The summed E-state index contributed by atoms with van der Waals surface area (Å²) < 4.78 is 25.5. The second-order valence-corrected chi connectivity index (χ2v) is 5.80. The molecule has 0 radical (unpaired) electrons.